The number of hydrogen-bond donors (Lipinski definition) is 1. The fourth-order valence-corrected chi connectivity index (χ4v) is 3.39. The molecule has 0 aromatic heterocycles. The summed E-state index contributed by atoms with van der Waals surface area (Å²) in [6, 6.07) is 29.6. The first-order valence-electron chi connectivity index (χ1n) is 11.3. The standard InChI is InChI=1S/C28H26N2O5/c1-2-33-28-18-22(10-17-27(28)34-20-21-8-13-24(14-9-21)30(31)32)19-29-23-11-15-26(16-12-23)35-25-6-4-3-5-7-25/h3-18,29H,2,19-20H2,1H3. The van der Waals surface area contributed by atoms with Gasteiger partial charge in [0.15, 0.2) is 11.5 Å². The van der Waals surface area contributed by atoms with E-state index in [0.717, 1.165) is 28.3 Å². The molecule has 1 N–H and O–H groups in total. The Morgan fingerprint density at radius 1 is 0.771 bits per heavy atom. The second-order valence-electron chi connectivity index (χ2n) is 7.72. The Balaban J connectivity index is 1.35. The highest BCUT2D eigenvalue weighted by Crippen LogP contribution is 2.30. The van der Waals surface area contributed by atoms with Crippen molar-refractivity contribution >= 4 is 11.4 Å². The lowest BCUT2D eigenvalue weighted by atomic mass is 10.2. The first-order valence-corrected chi connectivity index (χ1v) is 11.3. The van der Waals surface area contributed by atoms with E-state index in [1.54, 1.807) is 12.1 Å². The summed E-state index contributed by atoms with van der Waals surface area (Å²) in [7, 11) is 0. The van der Waals surface area contributed by atoms with Gasteiger partial charge in [-0.3, -0.25) is 10.1 Å². The molecule has 0 atom stereocenters. The van der Waals surface area contributed by atoms with E-state index in [2.05, 4.69) is 5.32 Å². The number of nitrogens with one attached hydrogen (secondary N) is 1. The second-order valence-corrected chi connectivity index (χ2v) is 7.72. The van der Waals surface area contributed by atoms with Crippen LogP contribution < -0.4 is 19.5 Å². The van der Waals surface area contributed by atoms with Gasteiger partial charge in [0.05, 0.1) is 11.5 Å². The number of nitro benzene ring substituents is 1. The molecule has 0 bridgehead atoms. The van der Waals surface area contributed by atoms with Crippen molar-refractivity contribution in [2.75, 3.05) is 11.9 Å². The highest BCUT2D eigenvalue weighted by atomic mass is 16.6. The van der Waals surface area contributed by atoms with E-state index >= 15 is 0 Å². The van der Waals surface area contributed by atoms with E-state index in [1.807, 2.05) is 79.7 Å². The molecule has 0 radical (unpaired) electrons. The van der Waals surface area contributed by atoms with E-state index in [-0.39, 0.29) is 12.3 Å². The molecule has 35 heavy (non-hydrogen) atoms. The molecule has 0 saturated carbocycles. The molecule has 0 aliphatic heterocycles. The van der Waals surface area contributed by atoms with E-state index in [1.165, 1.54) is 12.1 Å². The number of ether oxygens (including phenoxy) is 3. The van der Waals surface area contributed by atoms with Crippen molar-refractivity contribution in [1.29, 1.82) is 0 Å². The number of rotatable bonds is 11. The van der Waals surface area contributed by atoms with E-state index in [9.17, 15) is 10.1 Å². The maximum Gasteiger partial charge on any atom is 0.269 e. The van der Waals surface area contributed by atoms with Crippen LogP contribution in [0.3, 0.4) is 0 Å². The van der Waals surface area contributed by atoms with Gasteiger partial charge in [-0.05, 0) is 78.7 Å². The normalized spacial score (nSPS) is 10.4. The summed E-state index contributed by atoms with van der Waals surface area (Å²) in [5.41, 5.74) is 2.91. The third-order valence-corrected chi connectivity index (χ3v) is 5.18. The lowest BCUT2D eigenvalue weighted by Crippen LogP contribution is -2.03. The molecule has 0 aliphatic rings. The summed E-state index contributed by atoms with van der Waals surface area (Å²) in [5, 5.41) is 14.2. The van der Waals surface area contributed by atoms with Gasteiger partial charge in [-0.15, -0.1) is 0 Å². The zero-order valence-corrected chi connectivity index (χ0v) is 19.3. The zero-order valence-electron chi connectivity index (χ0n) is 19.3. The zero-order chi connectivity index (χ0) is 24.5. The third kappa shape index (κ3) is 6.74. The predicted molar refractivity (Wildman–Crippen MR) is 135 cm³/mol. The van der Waals surface area contributed by atoms with Gasteiger partial charge in [0.1, 0.15) is 18.1 Å². The molecule has 7 heteroatoms. The van der Waals surface area contributed by atoms with Crippen LogP contribution in [0, 0.1) is 10.1 Å². The van der Waals surface area contributed by atoms with Gasteiger partial charge in [0.25, 0.3) is 5.69 Å². The highest BCUT2D eigenvalue weighted by Gasteiger charge is 2.09. The molecule has 0 amide bonds. The molecule has 178 valence electrons. The topological polar surface area (TPSA) is 82.9 Å². The van der Waals surface area contributed by atoms with E-state index in [0.29, 0.717) is 24.7 Å². The minimum absolute atomic E-state index is 0.0546. The van der Waals surface area contributed by atoms with Crippen molar-refractivity contribution in [3.8, 4) is 23.0 Å². The number of hydrogen-bond acceptors (Lipinski definition) is 6. The number of para-hydroxylation sites is 1. The maximum absolute atomic E-state index is 10.8. The number of nitro groups is 1. The molecule has 0 unspecified atom stereocenters. The number of anilines is 1. The van der Waals surface area contributed by atoms with E-state index in [4.69, 9.17) is 14.2 Å². The van der Waals surface area contributed by atoms with Crippen molar-refractivity contribution in [2.24, 2.45) is 0 Å². The molecule has 4 rings (SSSR count). The summed E-state index contributed by atoms with van der Waals surface area (Å²) in [6.45, 7) is 3.33. The van der Waals surface area contributed by atoms with Crippen LogP contribution in [0.1, 0.15) is 18.1 Å². The van der Waals surface area contributed by atoms with Crippen LogP contribution >= 0.6 is 0 Å². The Hall–Kier alpha value is -4.52. The molecule has 0 spiro atoms. The van der Waals surface area contributed by atoms with E-state index < -0.39 is 4.92 Å². The second kappa shape index (κ2) is 11.6. The number of non-ortho nitro benzene ring substituents is 1. The average Bonchev–Trinajstić information content (AvgIpc) is 2.89. The summed E-state index contributed by atoms with van der Waals surface area (Å²) >= 11 is 0. The molecule has 0 saturated heterocycles. The Morgan fingerprint density at radius 3 is 2.14 bits per heavy atom. The SMILES string of the molecule is CCOc1cc(CNc2ccc(Oc3ccccc3)cc2)ccc1OCc1ccc([N+](=O)[O-])cc1. The van der Waals surface area contributed by atoms with Crippen molar-refractivity contribution in [3.63, 3.8) is 0 Å². The average molecular weight is 471 g/mol. The smallest absolute Gasteiger partial charge is 0.269 e. The Bertz CT molecular complexity index is 1240. The molecule has 4 aromatic carbocycles. The highest BCUT2D eigenvalue weighted by molar-refractivity contribution is 5.49. The first kappa shape index (κ1) is 23.6. The minimum atomic E-state index is -0.419. The molecule has 4 aromatic rings. The van der Waals surface area contributed by atoms with Crippen molar-refractivity contribution < 1.29 is 19.1 Å². The molecule has 7 nitrogen and oxygen atoms in total. The van der Waals surface area contributed by atoms with Crippen LogP contribution in [0.2, 0.25) is 0 Å². The molecule has 0 heterocycles. The van der Waals surface area contributed by atoms with Gasteiger partial charge in [-0.1, -0.05) is 24.3 Å². The van der Waals surface area contributed by atoms with Gasteiger partial charge < -0.3 is 19.5 Å². The summed E-state index contributed by atoms with van der Waals surface area (Å²) < 4.78 is 17.5. The monoisotopic (exact) mass is 470 g/mol. The van der Waals surface area contributed by atoms with Gasteiger partial charge in [-0.2, -0.15) is 0 Å². The lowest BCUT2D eigenvalue weighted by molar-refractivity contribution is -0.384. The largest absolute Gasteiger partial charge is 0.490 e. The van der Waals surface area contributed by atoms with Crippen molar-refractivity contribution in [2.45, 2.75) is 20.1 Å². The third-order valence-electron chi connectivity index (χ3n) is 5.18. The van der Waals surface area contributed by atoms with Gasteiger partial charge >= 0.3 is 0 Å². The Labute approximate surface area is 204 Å². The maximum atomic E-state index is 10.8. The Morgan fingerprint density at radius 2 is 1.46 bits per heavy atom. The fraction of sp³-hybridized carbons (Fsp3) is 0.143. The molecule has 0 fully saturated rings. The van der Waals surface area contributed by atoms with Crippen LogP contribution in [0.15, 0.2) is 97.1 Å². The van der Waals surface area contributed by atoms with Crippen LogP contribution in [0.25, 0.3) is 0 Å². The van der Waals surface area contributed by atoms with Crippen LogP contribution in [0.4, 0.5) is 11.4 Å². The number of nitrogens with zero attached hydrogens (tertiary/aromatic N) is 1. The van der Waals surface area contributed by atoms with Gasteiger partial charge in [0, 0.05) is 24.4 Å². The molecular weight excluding hydrogens is 444 g/mol. The Kier molecular flexibility index (Phi) is 7.81. The number of benzene rings is 4. The lowest BCUT2D eigenvalue weighted by Gasteiger charge is -2.14. The van der Waals surface area contributed by atoms with Crippen LogP contribution in [-0.4, -0.2) is 11.5 Å². The summed E-state index contributed by atoms with van der Waals surface area (Å²) in [6.07, 6.45) is 0. The predicted octanol–water partition coefficient (Wildman–Crippen LogP) is 6.98. The van der Waals surface area contributed by atoms with Gasteiger partial charge in [-0.25, -0.2) is 0 Å². The van der Waals surface area contributed by atoms with Crippen LogP contribution in [-0.2, 0) is 13.2 Å². The quantitative estimate of drug-likeness (QED) is 0.188. The van der Waals surface area contributed by atoms with Crippen molar-refractivity contribution in [3.05, 3.63) is 118 Å². The first-order chi connectivity index (χ1) is 17.1. The minimum Gasteiger partial charge on any atom is -0.490 e. The van der Waals surface area contributed by atoms with Crippen LogP contribution in [0.5, 0.6) is 23.0 Å². The molecule has 0 aliphatic carbocycles. The van der Waals surface area contributed by atoms with Gasteiger partial charge in [0.2, 0.25) is 0 Å². The molecular formula is C28H26N2O5. The van der Waals surface area contributed by atoms with Crippen molar-refractivity contribution in [1.82, 2.24) is 0 Å². The summed E-state index contributed by atoms with van der Waals surface area (Å²) in [4.78, 5) is 10.4. The summed E-state index contributed by atoms with van der Waals surface area (Å²) in [5.74, 6) is 2.85. The fourth-order valence-electron chi connectivity index (χ4n) is 3.39.